The second-order valence-corrected chi connectivity index (χ2v) is 12.1. The zero-order chi connectivity index (χ0) is 30.2. The van der Waals surface area contributed by atoms with Crippen molar-refractivity contribution in [1.82, 2.24) is 10.2 Å². The summed E-state index contributed by atoms with van der Waals surface area (Å²) in [6.45, 7) is 7.27. The van der Waals surface area contributed by atoms with E-state index < -0.39 is 34.3 Å². The van der Waals surface area contributed by atoms with Crippen LogP contribution < -0.4 is 14.4 Å². The van der Waals surface area contributed by atoms with Crippen molar-refractivity contribution < 1.29 is 27.1 Å². The highest BCUT2D eigenvalue weighted by Gasteiger charge is 2.34. The Bertz CT molecular complexity index is 1430. The number of hydrogen-bond donors (Lipinski definition) is 1. The number of hydrogen-bond acceptors (Lipinski definition) is 5. The van der Waals surface area contributed by atoms with Crippen LogP contribution in [-0.2, 0) is 26.2 Å². The van der Waals surface area contributed by atoms with E-state index in [4.69, 9.17) is 4.74 Å². The minimum Gasteiger partial charge on any atom is -0.497 e. The Kier molecular flexibility index (Phi) is 10.9. The summed E-state index contributed by atoms with van der Waals surface area (Å²) < 4.78 is 48.7. The van der Waals surface area contributed by atoms with Gasteiger partial charge < -0.3 is 15.0 Å². The van der Waals surface area contributed by atoms with E-state index in [0.717, 1.165) is 15.9 Å². The zero-order valence-corrected chi connectivity index (χ0v) is 24.9. The monoisotopic (exact) mass is 583 g/mol. The topological polar surface area (TPSA) is 96.0 Å². The van der Waals surface area contributed by atoms with Gasteiger partial charge in [-0.3, -0.25) is 13.9 Å². The average molecular weight is 584 g/mol. The molecule has 0 saturated carbocycles. The fraction of sp³-hybridized carbons (Fsp3) is 0.355. The number of nitrogens with zero attached hydrogens (tertiary/aromatic N) is 2. The zero-order valence-electron chi connectivity index (χ0n) is 24.1. The Hall–Kier alpha value is -3.92. The van der Waals surface area contributed by atoms with Gasteiger partial charge in [-0.25, -0.2) is 12.8 Å². The normalized spacial score (nSPS) is 12.1. The number of aryl methyl sites for hydroxylation is 1. The Morgan fingerprint density at radius 1 is 0.976 bits per heavy atom. The van der Waals surface area contributed by atoms with Gasteiger partial charge in [0.15, 0.2) is 0 Å². The van der Waals surface area contributed by atoms with Crippen molar-refractivity contribution >= 4 is 27.5 Å². The Morgan fingerprint density at radius 2 is 1.61 bits per heavy atom. The number of carbonyl (C=O) groups excluding carboxylic acids is 2. The molecule has 0 saturated heterocycles. The average Bonchev–Trinajstić information content (AvgIpc) is 2.95. The van der Waals surface area contributed by atoms with Gasteiger partial charge >= 0.3 is 0 Å². The van der Waals surface area contributed by atoms with Gasteiger partial charge in [0.25, 0.3) is 10.0 Å². The first-order chi connectivity index (χ1) is 19.5. The number of para-hydroxylation sites is 1. The molecule has 3 aromatic rings. The molecule has 2 amide bonds. The van der Waals surface area contributed by atoms with Crippen LogP contribution in [0.15, 0.2) is 77.7 Å². The number of rotatable bonds is 13. The highest BCUT2D eigenvalue weighted by molar-refractivity contribution is 7.92. The number of ether oxygens (including phenoxy) is 1. The quantitative estimate of drug-likeness (QED) is 0.308. The standard InChI is InChI=1S/C31H38FN3O5S/c1-6-28(31(37)33-19-22(2)3)34(20-24-13-15-25(40-5)16-14-24)30(36)21-35(29-10-8-7-9-27(29)32)41(38,39)26-17-11-23(4)12-18-26/h7-18,22,28H,6,19-21H2,1-5H3,(H,33,37). The van der Waals surface area contributed by atoms with Crippen LogP contribution in [-0.4, -0.2) is 51.4 Å². The minimum atomic E-state index is -4.35. The molecular weight excluding hydrogens is 545 g/mol. The Morgan fingerprint density at radius 3 is 2.17 bits per heavy atom. The predicted molar refractivity (Wildman–Crippen MR) is 158 cm³/mol. The number of halogens is 1. The largest absolute Gasteiger partial charge is 0.497 e. The minimum absolute atomic E-state index is 0.0339. The molecule has 0 radical (unpaired) electrons. The van der Waals surface area contributed by atoms with Crippen LogP contribution in [0, 0.1) is 18.7 Å². The Balaban J connectivity index is 2.05. The summed E-state index contributed by atoms with van der Waals surface area (Å²) in [6, 6.07) is 17.7. The molecule has 3 aromatic carbocycles. The molecule has 220 valence electrons. The number of nitrogens with one attached hydrogen (secondary N) is 1. The molecule has 1 N–H and O–H groups in total. The third kappa shape index (κ3) is 8.07. The summed E-state index contributed by atoms with van der Waals surface area (Å²) >= 11 is 0. The highest BCUT2D eigenvalue weighted by Crippen LogP contribution is 2.27. The molecule has 3 rings (SSSR count). The summed E-state index contributed by atoms with van der Waals surface area (Å²) in [5.41, 5.74) is 1.30. The van der Waals surface area contributed by atoms with E-state index >= 15 is 4.39 Å². The van der Waals surface area contributed by atoms with E-state index in [9.17, 15) is 18.0 Å². The molecule has 41 heavy (non-hydrogen) atoms. The number of sulfonamides is 1. The lowest BCUT2D eigenvalue weighted by Gasteiger charge is -2.33. The van der Waals surface area contributed by atoms with Crippen molar-refractivity contribution in [3.05, 3.63) is 89.7 Å². The lowest BCUT2D eigenvalue weighted by Crippen LogP contribution is -2.52. The van der Waals surface area contributed by atoms with Crippen molar-refractivity contribution in [1.29, 1.82) is 0 Å². The second-order valence-electron chi connectivity index (χ2n) is 10.2. The van der Waals surface area contributed by atoms with Crippen molar-refractivity contribution in [3.8, 4) is 5.75 Å². The SMILES string of the molecule is CCC(C(=O)NCC(C)C)N(Cc1ccc(OC)cc1)C(=O)CN(c1ccccc1F)S(=O)(=O)c1ccc(C)cc1. The number of benzene rings is 3. The molecule has 1 unspecified atom stereocenters. The lowest BCUT2D eigenvalue weighted by atomic mass is 10.1. The highest BCUT2D eigenvalue weighted by atomic mass is 32.2. The van der Waals surface area contributed by atoms with E-state index in [1.54, 1.807) is 50.4 Å². The van der Waals surface area contributed by atoms with Crippen LogP contribution in [0.2, 0.25) is 0 Å². The van der Waals surface area contributed by atoms with Crippen LogP contribution in [0.3, 0.4) is 0 Å². The summed E-state index contributed by atoms with van der Waals surface area (Å²) in [6.07, 6.45) is 0.288. The van der Waals surface area contributed by atoms with Crippen molar-refractivity contribution in [2.45, 2.75) is 51.6 Å². The van der Waals surface area contributed by atoms with Gasteiger partial charge in [-0.2, -0.15) is 0 Å². The van der Waals surface area contributed by atoms with E-state index in [1.165, 1.54) is 35.2 Å². The van der Waals surface area contributed by atoms with E-state index in [-0.39, 0.29) is 35.4 Å². The molecule has 0 aromatic heterocycles. The van der Waals surface area contributed by atoms with Crippen LogP contribution in [0.4, 0.5) is 10.1 Å². The van der Waals surface area contributed by atoms with Crippen LogP contribution in [0.1, 0.15) is 38.3 Å². The fourth-order valence-electron chi connectivity index (χ4n) is 4.27. The summed E-state index contributed by atoms with van der Waals surface area (Å²) in [5, 5.41) is 2.88. The molecule has 0 aliphatic carbocycles. The Labute approximate surface area is 242 Å². The third-order valence-electron chi connectivity index (χ3n) is 6.59. The van der Waals surface area contributed by atoms with Gasteiger partial charge in [0.2, 0.25) is 11.8 Å². The summed E-state index contributed by atoms with van der Waals surface area (Å²) in [7, 11) is -2.80. The third-order valence-corrected chi connectivity index (χ3v) is 8.37. The maximum Gasteiger partial charge on any atom is 0.264 e. The smallest absolute Gasteiger partial charge is 0.264 e. The fourth-order valence-corrected chi connectivity index (χ4v) is 5.70. The first-order valence-corrected chi connectivity index (χ1v) is 15.0. The van der Waals surface area contributed by atoms with Crippen LogP contribution >= 0.6 is 0 Å². The lowest BCUT2D eigenvalue weighted by molar-refractivity contribution is -0.140. The van der Waals surface area contributed by atoms with E-state index in [0.29, 0.717) is 17.9 Å². The second kappa shape index (κ2) is 14.1. The molecule has 0 bridgehead atoms. The van der Waals surface area contributed by atoms with Gasteiger partial charge in [-0.15, -0.1) is 0 Å². The van der Waals surface area contributed by atoms with Crippen molar-refractivity contribution in [2.75, 3.05) is 24.5 Å². The molecule has 8 nitrogen and oxygen atoms in total. The van der Waals surface area contributed by atoms with Gasteiger partial charge in [-0.05, 0) is 61.2 Å². The predicted octanol–water partition coefficient (Wildman–Crippen LogP) is 4.92. The molecule has 0 fully saturated rings. The maximum absolute atomic E-state index is 15.0. The molecule has 0 aliphatic heterocycles. The van der Waals surface area contributed by atoms with E-state index in [1.807, 2.05) is 20.8 Å². The van der Waals surface area contributed by atoms with Crippen molar-refractivity contribution in [3.63, 3.8) is 0 Å². The molecule has 0 aliphatic rings. The van der Waals surface area contributed by atoms with Crippen LogP contribution in [0.25, 0.3) is 0 Å². The van der Waals surface area contributed by atoms with Gasteiger partial charge in [0.05, 0.1) is 17.7 Å². The van der Waals surface area contributed by atoms with Gasteiger partial charge in [-0.1, -0.05) is 62.7 Å². The molecular formula is C31H38FN3O5S. The van der Waals surface area contributed by atoms with Gasteiger partial charge in [0.1, 0.15) is 24.2 Å². The van der Waals surface area contributed by atoms with E-state index in [2.05, 4.69) is 5.32 Å². The molecule has 0 heterocycles. The first-order valence-electron chi connectivity index (χ1n) is 13.5. The van der Waals surface area contributed by atoms with Crippen LogP contribution in [0.5, 0.6) is 5.75 Å². The summed E-state index contributed by atoms with van der Waals surface area (Å²) in [5.74, 6) is -0.964. The van der Waals surface area contributed by atoms with Gasteiger partial charge in [0, 0.05) is 13.1 Å². The molecule has 1 atom stereocenters. The number of anilines is 1. The number of amides is 2. The number of carbonyl (C=O) groups is 2. The maximum atomic E-state index is 15.0. The summed E-state index contributed by atoms with van der Waals surface area (Å²) in [4.78, 5) is 28.6. The molecule has 0 spiro atoms. The first kappa shape index (κ1) is 31.6. The number of methoxy groups -OCH3 is 1. The van der Waals surface area contributed by atoms with Crippen molar-refractivity contribution in [2.24, 2.45) is 5.92 Å². The molecule has 10 heteroatoms.